The van der Waals surface area contributed by atoms with Crippen LogP contribution in [-0.2, 0) is 6.54 Å². The van der Waals surface area contributed by atoms with Crippen LogP contribution in [0.1, 0.15) is 15.9 Å². The van der Waals surface area contributed by atoms with Gasteiger partial charge in [-0.2, -0.15) is 0 Å². The molecule has 2 N–H and O–H groups in total. The molecule has 1 amide bonds. The normalized spacial score (nSPS) is 10.6. The number of hydrogen-bond donors (Lipinski definition) is 2. The lowest BCUT2D eigenvalue weighted by atomic mass is 10.1. The molecule has 1 aromatic heterocycles. The summed E-state index contributed by atoms with van der Waals surface area (Å²) in [5.41, 5.74) is 1.03. The van der Waals surface area contributed by atoms with Gasteiger partial charge in [0.15, 0.2) is 0 Å². The third-order valence-electron chi connectivity index (χ3n) is 3.45. The fourth-order valence-electron chi connectivity index (χ4n) is 2.24. The lowest BCUT2D eigenvalue weighted by molar-refractivity contribution is 0.0948. The van der Waals surface area contributed by atoms with Crippen LogP contribution < -0.4 is 5.32 Å². The van der Waals surface area contributed by atoms with Crippen LogP contribution in [0, 0.1) is 5.82 Å². The third-order valence-corrected chi connectivity index (χ3v) is 3.69. The Morgan fingerprint density at radius 2 is 2.12 bits per heavy atom. The standard InChI is InChI=1S/C17H13ClFN3O2/c18-12-2-4-16(23)13(8-12)17(24)21-9-11-1-3-15(14(19)7-11)22-6-5-20-10-22/h1-8,10,23H,9H2,(H,21,24). The first-order valence-corrected chi connectivity index (χ1v) is 7.46. The van der Waals surface area contributed by atoms with E-state index in [9.17, 15) is 14.3 Å². The maximum Gasteiger partial charge on any atom is 0.255 e. The Balaban J connectivity index is 1.72. The molecular formula is C17H13ClFN3O2. The number of halogens is 2. The molecule has 0 spiro atoms. The molecule has 2 aromatic carbocycles. The first-order valence-electron chi connectivity index (χ1n) is 7.08. The summed E-state index contributed by atoms with van der Waals surface area (Å²) < 4.78 is 15.7. The molecule has 0 unspecified atom stereocenters. The molecule has 3 aromatic rings. The van der Waals surface area contributed by atoms with E-state index in [0.717, 1.165) is 0 Å². The van der Waals surface area contributed by atoms with Gasteiger partial charge >= 0.3 is 0 Å². The summed E-state index contributed by atoms with van der Waals surface area (Å²) >= 11 is 5.82. The summed E-state index contributed by atoms with van der Waals surface area (Å²) in [6.45, 7) is 0.117. The Bertz CT molecular complexity index is 882. The van der Waals surface area contributed by atoms with E-state index in [1.165, 1.54) is 30.6 Å². The fraction of sp³-hybridized carbons (Fsp3) is 0.0588. The van der Waals surface area contributed by atoms with Gasteiger partial charge in [-0.05, 0) is 35.9 Å². The average molecular weight is 346 g/mol. The van der Waals surface area contributed by atoms with Gasteiger partial charge in [0.25, 0.3) is 5.91 Å². The molecule has 0 fully saturated rings. The van der Waals surface area contributed by atoms with Gasteiger partial charge in [0.05, 0.1) is 17.6 Å². The number of rotatable bonds is 4. The minimum atomic E-state index is -0.492. The molecule has 5 nitrogen and oxygen atoms in total. The summed E-state index contributed by atoms with van der Waals surface area (Å²) in [5.74, 6) is -1.09. The number of benzene rings is 2. The van der Waals surface area contributed by atoms with Gasteiger partial charge < -0.3 is 15.0 Å². The van der Waals surface area contributed by atoms with Gasteiger partial charge in [-0.25, -0.2) is 9.37 Å². The summed E-state index contributed by atoms with van der Waals surface area (Å²) in [7, 11) is 0. The van der Waals surface area contributed by atoms with Gasteiger partial charge in [-0.3, -0.25) is 4.79 Å². The predicted octanol–water partition coefficient (Wildman–Crippen LogP) is 3.30. The van der Waals surface area contributed by atoms with Crippen molar-refractivity contribution >= 4 is 17.5 Å². The monoisotopic (exact) mass is 345 g/mol. The maximum absolute atomic E-state index is 14.2. The number of hydrogen-bond acceptors (Lipinski definition) is 3. The molecule has 0 atom stereocenters. The first-order chi connectivity index (χ1) is 11.5. The van der Waals surface area contributed by atoms with Gasteiger partial charge in [0.2, 0.25) is 0 Å². The van der Waals surface area contributed by atoms with E-state index in [1.54, 1.807) is 29.1 Å². The Labute approximate surface area is 142 Å². The molecule has 0 aliphatic rings. The van der Waals surface area contributed by atoms with Crippen molar-refractivity contribution in [2.24, 2.45) is 0 Å². The zero-order valence-electron chi connectivity index (χ0n) is 12.4. The minimum absolute atomic E-state index is 0.0676. The fourth-order valence-corrected chi connectivity index (χ4v) is 2.41. The average Bonchev–Trinajstić information content (AvgIpc) is 3.09. The van der Waals surface area contributed by atoms with Crippen molar-refractivity contribution in [3.05, 3.63) is 77.1 Å². The highest BCUT2D eigenvalue weighted by molar-refractivity contribution is 6.31. The molecule has 0 saturated heterocycles. The molecular weight excluding hydrogens is 333 g/mol. The van der Waals surface area contributed by atoms with E-state index >= 15 is 0 Å². The first kappa shape index (κ1) is 16.0. The Morgan fingerprint density at radius 3 is 2.83 bits per heavy atom. The number of nitrogens with zero attached hydrogens (tertiary/aromatic N) is 2. The second-order valence-electron chi connectivity index (χ2n) is 5.10. The van der Waals surface area contributed by atoms with Gasteiger partial charge in [-0.1, -0.05) is 17.7 Å². The zero-order chi connectivity index (χ0) is 17.1. The van der Waals surface area contributed by atoms with E-state index in [-0.39, 0.29) is 17.9 Å². The van der Waals surface area contributed by atoms with Crippen molar-refractivity contribution in [3.63, 3.8) is 0 Å². The smallest absolute Gasteiger partial charge is 0.255 e. The molecule has 0 bridgehead atoms. The Kier molecular flexibility index (Phi) is 4.48. The van der Waals surface area contributed by atoms with Crippen LogP contribution in [0.5, 0.6) is 5.75 Å². The Hall–Kier alpha value is -2.86. The van der Waals surface area contributed by atoms with E-state index in [2.05, 4.69) is 10.3 Å². The van der Waals surface area contributed by atoms with Crippen LogP contribution in [-0.4, -0.2) is 20.6 Å². The lowest BCUT2D eigenvalue weighted by Crippen LogP contribution is -2.23. The van der Waals surface area contributed by atoms with Crippen molar-refractivity contribution in [2.75, 3.05) is 0 Å². The summed E-state index contributed by atoms with van der Waals surface area (Å²) in [6, 6.07) is 8.85. The summed E-state index contributed by atoms with van der Waals surface area (Å²) in [4.78, 5) is 16.0. The number of aromatic hydroxyl groups is 1. The second kappa shape index (κ2) is 6.72. The van der Waals surface area contributed by atoms with Crippen LogP contribution >= 0.6 is 11.6 Å². The highest BCUT2D eigenvalue weighted by atomic mass is 35.5. The van der Waals surface area contributed by atoms with Crippen LogP contribution in [0.25, 0.3) is 5.69 Å². The number of amides is 1. The van der Waals surface area contributed by atoms with Gasteiger partial charge in [0, 0.05) is 24.0 Å². The number of imidazole rings is 1. The third kappa shape index (κ3) is 3.38. The van der Waals surface area contributed by atoms with Crippen molar-refractivity contribution in [2.45, 2.75) is 6.54 Å². The lowest BCUT2D eigenvalue weighted by Gasteiger charge is -2.09. The number of nitrogens with one attached hydrogen (secondary N) is 1. The van der Waals surface area contributed by atoms with Crippen LogP contribution in [0.2, 0.25) is 5.02 Å². The van der Waals surface area contributed by atoms with E-state index in [1.807, 2.05) is 0 Å². The van der Waals surface area contributed by atoms with E-state index in [4.69, 9.17) is 11.6 Å². The SMILES string of the molecule is O=C(NCc1ccc(-n2ccnc2)c(F)c1)c1cc(Cl)ccc1O. The zero-order valence-corrected chi connectivity index (χ0v) is 13.2. The number of aromatic nitrogens is 2. The maximum atomic E-state index is 14.2. The van der Waals surface area contributed by atoms with E-state index < -0.39 is 11.7 Å². The quantitative estimate of drug-likeness (QED) is 0.762. The molecule has 3 rings (SSSR count). The number of carbonyl (C=O) groups is 1. The Morgan fingerprint density at radius 1 is 1.29 bits per heavy atom. The van der Waals surface area contributed by atoms with Crippen molar-refractivity contribution in [1.82, 2.24) is 14.9 Å². The summed E-state index contributed by atoms with van der Waals surface area (Å²) in [6.07, 6.45) is 4.70. The molecule has 0 aliphatic heterocycles. The number of phenols is 1. The van der Waals surface area contributed by atoms with Crippen molar-refractivity contribution < 1.29 is 14.3 Å². The predicted molar refractivity (Wildman–Crippen MR) is 87.8 cm³/mol. The molecule has 7 heteroatoms. The van der Waals surface area contributed by atoms with Crippen LogP contribution in [0.15, 0.2) is 55.1 Å². The number of phenolic OH excluding ortho intramolecular Hbond substituents is 1. The highest BCUT2D eigenvalue weighted by Gasteiger charge is 2.12. The van der Waals surface area contributed by atoms with Gasteiger partial charge in [0.1, 0.15) is 11.6 Å². The largest absolute Gasteiger partial charge is 0.507 e. The van der Waals surface area contributed by atoms with Crippen molar-refractivity contribution in [3.8, 4) is 11.4 Å². The van der Waals surface area contributed by atoms with Crippen LogP contribution in [0.3, 0.4) is 0 Å². The molecule has 0 radical (unpaired) electrons. The molecule has 24 heavy (non-hydrogen) atoms. The van der Waals surface area contributed by atoms with Gasteiger partial charge in [-0.15, -0.1) is 0 Å². The summed E-state index contributed by atoms with van der Waals surface area (Å²) in [5, 5.41) is 12.7. The molecule has 0 aliphatic carbocycles. The molecule has 0 saturated carbocycles. The second-order valence-corrected chi connectivity index (χ2v) is 5.54. The minimum Gasteiger partial charge on any atom is -0.507 e. The molecule has 1 heterocycles. The topological polar surface area (TPSA) is 67.2 Å². The highest BCUT2D eigenvalue weighted by Crippen LogP contribution is 2.21. The molecule has 122 valence electrons. The number of carbonyl (C=O) groups excluding carboxylic acids is 1. The van der Waals surface area contributed by atoms with Crippen molar-refractivity contribution in [1.29, 1.82) is 0 Å². The van der Waals surface area contributed by atoms with Crippen LogP contribution in [0.4, 0.5) is 4.39 Å². The van der Waals surface area contributed by atoms with E-state index in [0.29, 0.717) is 16.3 Å².